The lowest BCUT2D eigenvalue weighted by Gasteiger charge is -2.13. The molecule has 128 valence electrons. The maximum Gasteiger partial charge on any atom is 0.573 e. The Kier molecular flexibility index (Phi) is 5.71. The first-order chi connectivity index (χ1) is 11.3. The summed E-state index contributed by atoms with van der Waals surface area (Å²) in [6.45, 7) is 0.136. The van der Waals surface area contributed by atoms with Crippen molar-refractivity contribution < 1.29 is 32.2 Å². The van der Waals surface area contributed by atoms with Crippen molar-refractivity contribution in [1.82, 2.24) is 0 Å². The fourth-order valence-electron chi connectivity index (χ4n) is 1.84. The van der Waals surface area contributed by atoms with E-state index in [0.717, 1.165) is 29.3 Å². The number of benzene rings is 2. The van der Waals surface area contributed by atoms with Gasteiger partial charge in [-0.05, 0) is 35.9 Å². The van der Waals surface area contributed by atoms with E-state index in [2.05, 4.69) is 25.4 Å². The zero-order valence-corrected chi connectivity index (χ0v) is 14.0. The third-order valence-electron chi connectivity index (χ3n) is 2.90. The predicted molar refractivity (Wildman–Crippen MR) is 82.9 cm³/mol. The average Bonchev–Trinajstić information content (AvgIpc) is 2.53. The Morgan fingerprint density at radius 2 is 1.79 bits per heavy atom. The first-order valence-corrected chi connectivity index (χ1v) is 7.43. The van der Waals surface area contributed by atoms with Gasteiger partial charge in [0, 0.05) is 4.47 Å². The lowest BCUT2D eigenvalue weighted by molar-refractivity contribution is -0.274. The highest BCUT2D eigenvalue weighted by atomic mass is 79.9. The van der Waals surface area contributed by atoms with Crippen LogP contribution in [0.4, 0.5) is 13.2 Å². The molecule has 0 aliphatic rings. The molecule has 0 atom stereocenters. The summed E-state index contributed by atoms with van der Waals surface area (Å²) in [7, 11) is 1.12. The summed E-state index contributed by atoms with van der Waals surface area (Å²) in [6, 6.07) is 10.5. The molecule has 0 saturated carbocycles. The molecule has 0 amide bonds. The minimum absolute atomic E-state index is 0.0966. The van der Waals surface area contributed by atoms with Gasteiger partial charge in [0.25, 0.3) is 0 Å². The molecule has 0 heterocycles. The predicted octanol–water partition coefficient (Wildman–Crippen LogP) is 4.71. The summed E-state index contributed by atoms with van der Waals surface area (Å²) in [6.07, 6.45) is -4.85. The molecule has 2 aromatic carbocycles. The van der Waals surface area contributed by atoms with E-state index in [-0.39, 0.29) is 17.9 Å². The molecule has 2 aromatic rings. The number of hydrogen-bond acceptors (Lipinski definition) is 4. The van der Waals surface area contributed by atoms with E-state index in [4.69, 9.17) is 4.74 Å². The van der Waals surface area contributed by atoms with E-state index < -0.39 is 18.1 Å². The normalized spacial score (nSPS) is 11.0. The molecular formula is C16H12BrF3O4. The number of carbonyl (C=O) groups excluding carboxylic acids is 1. The van der Waals surface area contributed by atoms with Crippen LogP contribution in [0, 0.1) is 0 Å². The molecular weight excluding hydrogens is 393 g/mol. The van der Waals surface area contributed by atoms with Crippen molar-refractivity contribution in [2.45, 2.75) is 13.0 Å². The first-order valence-electron chi connectivity index (χ1n) is 6.64. The van der Waals surface area contributed by atoms with Gasteiger partial charge in [-0.25, -0.2) is 4.79 Å². The molecule has 8 heteroatoms. The number of halogens is 4. The molecule has 0 aromatic heterocycles. The van der Waals surface area contributed by atoms with Gasteiger partial charge >= 0.3 is 12.3 Å². The second-order valence-corrected chi connectivity index (χ2v) is 5.53. The van der Waals surface area contributed by atoms with E-state index in [1.165, 1.54) is 6.07 Å². The molecule has 0 aliphatic carbocycles. The van der Waals surface area contributed by atoms with Crippen molar-refractivity contribution in [2.24, 2.45) is 0 Å². The van der Waals surface area contributed by atoms with Gasteiger partial charge in [-0.15, -0.1) is 13.2 Å². The monoisotopic (exact) mass is 404 g/mol. The minimum atomic E-state index is -4.85. The van der Waals surface area contributed by atoms with Crippen LogP contribution >= 0.6 is 15.9 Å². The number of methoxy groups -OCH3 is 1. The second-order valence-electron chi connectivity index (χ2n) is 4.61. The highest BCUT2D eigenvalue weighted by Crippen LogP contribution is 2.29. The van der Waals surface area contributed by atoms with Crippen molar-refractivity contribution in [2.75, 3.05) is 7.11 Å². The van der Waals surface area contributed by atoms with Crippen molar-refractivity contribution in [1.29, 1.82) is 0 Å². The van der Waals surface area contributed by atoms with Crippen LogP contribution in [0.2, 0.25) is 0 Å². The fraction of sp³-hybridized carbons (Fsp3) is 0.188. The highest BCUT2D eigenvalue weighted by molar-refractivity contribution is 9.10. The summed E-state index contributed by atoms with van der Waals surface area (Å²) in [5.74, 6) is -1.26. The van der Waals surface area contributed by atoms with Crippen LogP contribution < -0.4 is 9.47 Å². The molecule has 0 unspecified atom stereocenters. The van der Waals surface area contributed by atoms with E-state index in [9.17, 15) is 18.0 Å². The van der Waals surface area contributed by atoms with Crippen LogP contribution in [0.15, 0.2) is 46.9 Å². The van der Waals surface area contributed by atoms with Crippen molar-refractivity contribution in [3.63, 3.8) is 0 Å². The molecule has 0 radical (unpaired) electrons. The van der Waals surface area contributed by atoms with Crippen LogP contribution in [0.1, 0.15) is 15.9 Å². The van der Waals surface area contributed by atoms with Gasteiger partial charge in [-0.3, -0.25) is 0 Å². The fourth-order valence-corrected chi connectivity index (χ4v) is 2.11. The van der Waals surface area contributed by atoms with E-state index in [1.807, 2.05) is 24.3 Å². The summed E-state index contributed by atoms with van der Waals surface area (Å²) < 4.78 is 51.6. The van der Waals surface area contributed by atoms with Crippen molar-refractivity contribution >= 4 is 21.9 Å². The topological polar surface area (TPSA) is 44.8 Å². The maximum atomic E-state index is 12.3. The van der Waals surface area contributed by atoms with Crippen LogP contribution in [0.25, 0.3) is 0 Å². The van der Waals surface area contributed by atoms with Crippen LogP contribution in [0.3, 0.4) is 0 Å². The Morgan fingerprint density at radius 1 is 1.12 bits per heavy atom. The van der Waals surface area contributed by atoms with Gasteiger partial charge in [0.2, 0.25) is 0 Å². The Labute approximate surface area is 144 Å². The van der Waals surface area contributed by atoms with Gasteiger partial charge in [-0.2, -0.15) is 0 Å². The molecule has 0 fully saturated rings. The molecule has 0 spiro atoms. The number of hydrogen-bond donors (Lipinski definition) is 0. The summed E-state index contributed by atoms with van der Waals surface area (Å²) in [5.41, 5.74) is 0.668. The van der Waals surface area contributed by atoms with Crippen molar-refractivity contribution in [3.8, 4) is 11.5 Å². The zero-order chi connectivity index (χ0) is 17.7. The third-order valence-corrected chi connectivity index (χ3v) is 3.43. The lowest BCUT2D eigenvalue weighted by Crippen LogP contribution is -2.17. The molecule has 0 N–H and O–H groups in total. The SMILES string of the molecule is COC(=O)c1cc(OC(F)(F)F)ccc1OCc1ccc(Br)cc1. The minimum Gasteiger partial charge on any atom is -0.488 e. The van der Waals surface area contributed by atoms with Crippen LogP contribution in [-0.4, -0.2) is 19.4 Å². The molecule has 0 aliphatic heterocycles. The van der Waals surface area contributed by atoms with E-state index >= 15 is 0 Å². The Bertz CT molecular complexity index is 714. The zero-order valence-electron chi connectivity index (χ0n) is 12.4. The second kappa shape index (κ2) is 7.57. The summed E-state index contributed by atoms with van der Waals surface area (Å²) in [5, 5.41) is 0. The lowest BCUT2D eigenvalue weighted by atomic mass is 10.2. The number of rotatable bonds is 5. The molecule has 24 heavy (non-hydrogen) atoms. The maximum absolute atomic E-state index is 12.3. The molecule has 4 nitrogen and oxygen atoms in total. The first kappa shape index (κ1) is 18.1. The Morgan fingerprint density at radius 3 is 2.38 bits per heavy atom. The van der Waals surface area contributed by atoms with Crippen LogP contribution in [-0.2, 0) is 11.3 Å². The number of esters is 1. The summed E-state index contributed by atoms with van der Waals surface area (Å²) >= 11 is 3.31. The van der Waals surface area contributed by atoms with E-state index in [1.54, 1.807) is 0 Å². The van der Waals surface area contributed by atoms with Gasteiger partial charge < -0.3 is 14.2 Å². The standard InChI is InChI=1S/C16H12BrF3O4/c1-22-15(21)13-8-12(24-16(18,19)20)6-7-14(13)23-9-10-2-4-11(17)5-3-10/h2-8H,9H2,1H3. The smallest absolute Gasteiger partial charge is 0.488 e. The molecule has 0 saturated heterocycles. The third kappa shape index (κ3) is 5.16. The highest BCUT2D eigenvalue weighted by Gasteiger charge is 2.31. The molecule has 0 bridgehead atoms. The Balaban J connectivity index is 2.21. The number of carbonyl (C=O) groups is 1. The van der Waals surface area contributed by atoms with Gasteiger partial charge in [0.05, 0.1) is 7.11 Å². The van der Waals surface area contributed by atoms with Crippen molar-refractivity contribution in [3.05, 3.63) is 58.1 Å². The number of ether oxygens (including phenoxy) is 3. The van der Waals surface area contributed by atoms with Gasteiger partial charge in [0.15, 0.2) is 0 Å². The van der Waals surface area contributed by atoms with Gasteiger partial charge in [0.1, 0.15) is 23.7 Å². The largest absolute Gasteiger partial charge is 0.573 e. The van der Waals surface area contributed by atoms with Gasteiger partial charge in [-0.1, -0.05) is 28.1 Å². The average molecular weight is 405 g/mol. The summed E-state index contributed by atoms with van der Waals surface area (Å²) in [4.78, 5) is 11.8. The quantitative estimate of drug-likeness (QED) is 0.676. The van der Waals surface area contributed by atoms with E-state index in [0.29, 0.717) is 0 Å². The number of alkyl halides is 3. The van der Waals surface area contributed by atoms with Crippen LogP contribution in [0.5, 0.6) is 11.5 Å². The Hall–Kier alpha value is -2.22. The molecule has 2 rings (SSSR count).